The molecular weight excluding hydrogens is 204 g/mol. The lowest BCUT2D eigenvalue weighted by Crippen LogP contribution is -2.48. The van der Waals surface area contributed by atoms with Crippen LogP contribution >= 0.6 is 0 Å². The van der Waals surface area contributed by atoms with Gasteiger partial charge in [0.1, 0.15) is 9.84 Å². The van der Waals surface area contributed by atoms with Gasteiger partial charge in [0.15, 0.2) is 0 Å². The van der Waals surface area contributed by atoms with E-state index in [0.717, 1.165) is 19.3 Å². The molecule has 1 fully saturated rings. The Labute approximate surface area is 84.2 Å². The largest absolute Gasteiger partial charge is 0.356 e. The molecule has 1 aliphatic heterocycles. The van der Waals surface area contributed by atoms with E-state index in [9.17, 15) is 13.2 Å². The Morgan fingerprint density at radius 3 is 2.57 bits per heavy atom. The third kappa shape index (κ3) is 4.57. The maximum absolute atomic E-state index is 11.1. The highest BCUT2D eigenvalue weighted by Gasteiger charge is 2.17. The standard InChI is InChI=1S/C8H16N2O3S/c1-14(12,13)3-2-8(11)10-6-7-4-9-5-7/h7,9H,2-6H2,1H3,(H,10,11). The highest BCUT2D eigenvalue weighted by molar-refractivity contribution is 7.90. The molecule has 1 amide bonds. The topological polar surface area (TPSA) is 75.3 Å². The van der Waals surface area contributed by atoms with E-state index in [1.54, 1.807) is 0 Å². The van der Waals surface area contributed by atoms with E-state index in [2.05, 4.69) is 10.6 Å². The summed E-state index contributed by atoms with van der Waals surface area (Å²) in [5.74, 6) is 0.265. The van der Waals surface area contributed by atoms with Crippen LogP contribution in [0.3, 0.4) is 0 Å². The zero-order valence-corrected chi connectivity index (χ0v) is 9.06. The summed E-state index contributed by atoms with van der Waals surface area (Å²) in [5.41, 5.74) is 0. The van der Waals surface area contributed by atoms with Gasteiger partial charge in [0.05, 0.1) is 5.75 Å². The summed E-state index contributed by atoms with van der Waals surface area (Å²) in [5, 5.41) is 5.81. The fourth-order valence-electron chi connectivity index (χ4n) is 1.12. The number of hydrogen-bond donors (Lipinski definition) is 2. The normalized spacial score (nSPS) is 17.5. The van der Waals surface area contributed by atoms with Gasteiger partial charge in [0.2, 0.25) is 5.91 Å². The summed E-state index contributed by atoms with van der Waals surface area (Å²) in [6, 6.07) is 0. The zero-order chi connectivity index (χ0) is 10.6. The van der Waals surface area contributed by atoms with Crippen LogP contribution in [0.5, 0.6) is 0 Å². The second-order valence-electron chi connectivity index (χ2n) is 3.71. The molecule has 0 spiro atoms. The van der Waals surface area contributed by atoms with Gasteiger partial charge >= 0.3 is 0 Å². The Morgan fingerprint density at radius 2 is 2.14 bits per heavy atom. The Balaban J connectivity index is 2.09. The van der Waals surface area contributed by atoms with E-state index in [1.807, 2.05) is 0 Å². The molecule has 6 heteroatoms. The van der Waals surface area contributed by atoms with Crippen LogP contribution in [-0.2, 0) is 14.6 Å². The van der Waals surface area contributed by atoms with Crippen molar-refractivity contribution in [3.8, 4) is 0 Å². The van der Waals surface area contributed by atoms with Crippen LogP contribution in [0.4, 0.5) is 0 Å². The number of amides is 1. The van der Waals surface area contributed by atoms with E-state index in [4.69, 9.17) is 0 Å². The Bertz CT molecular complexity index is 296. The molecule has 0 saturated carbocycles. The second kappa shape index (κ2) is 4.75. The molecule has 1 aliphatic rings. The molecule has 1 saturated heterocycles. The lowest BCUT2D eigenvalue weighted by Gasteiger charge is -2.27. The molecule has 0 radical (unpaired) electrons. The van der Waals surface area contributed by atoms with Gasteiger partial charge in [-0.2, -0.15) is 0 Å². The Kier molecular flexibility index (Phi) is 3.88. The van der Waals surface area contributed by atoms with Crippen LogP contribution in [0.15, 0.2) is 0 Å². The average molecular weight is 220 g/mol. The molecule has 0 aromatic carbocycles. The zero-order valence-electron chi connectivity index (χ0n) is 8.25. The van der Waals surface area contributed by atoms with Crippen molar-refractivity contribution in [1.29, 1.82) is 0 Å². The summed E-state index contributed by atoms with van der Waals surface area (Å²) >= 11 is 0. The molecule has 0 unspecified atom stereocenters. The van der Waals surface area contributed by atoms with E-state index < -0.39 is 9.84 Å². The molecule has 0 atom stereocenters. The van der Waals surface area contributed by atoms with Crippen molar-refractivity contribution in [2.24, 2.45) is 5.92 Å². The summed E-state index contributed by atoms with van der Waals surface area (Å²) in [6.45, 7) is 2.52. The minimum atomic E-state index is -3.02. The van der Waals surface area contributed by atoms with E-state index in [1.165, 1.54) is 0 Å². The van der Waals surface area contributed by atoms with E-state index in [-0.39, 0.29) is 18.1 Å². The van der Waals surface area contributed by atoms with Crippen molar-refractivity contribution < 1.29 is 13.2 Å². The van der Waals surface area contributed by atoms with Gasteiger partial charge in [-0.15, -0.1) is 0 Å². The van der Waals surface area contributed by atoms with E-state index >= 15 is 0 Å². The number of rotatable bonds is 5. The third-order valence-electron chi connectivity index (χ3n) is 2.15. The van der Waals surface area contributed by atoms with Crippen LogP contribution in [0.25, 0.3) is 0 Å². The average Bonchev–Trinajstić information content (AvgIpc) is 1.96. The van der Waals surface area contributed by atoms with Crippen LogP contribution in [0.2, 0.25) is 0 Å². The minimum Gasteiger partial charge on any atom is -0.356 e. The van der Waals surface area contributed by atoms with Gasteiger partial charge in [-0.1, -0.05) is 0 Å². The van der Waals surface area contributed by atoms with E-state index in [0.29, 0.717) is 12.5 Å². The monoisotopic (exact) mass is 220 g/mol. The molecule has 2 N–H and O–H groups in total. The van der Waals surface area contributed by atoms with Gasteiger partial charge in [-0.3, -0.25) is 4.79 Å². The number of sulfone groups is 1. The first-order valence-electron chi connectivity index (χ1n) is 4.62. The van der Waals surface area contributed by atoms with Crippen molar-refractivity contribution in [3.05, 3.63) is 0 Å². The summed E-state index contributed by atoms with van der Waals surface area (Å²) in [4.78, 5) is 11.1. The predicted octanol–water partition coefficient (Wildman–Crippen LogP) is -1.24. The molecule has 5 nitrogen and oxygen atoms in total. The summed E-state index contributed by atoms with van der Waals surface area (Å²) < 4.78 is 21.5. The molecule has 1 rings (SSSR count). The molecule has 14 heavy (non-hydrogen) atoms. The first kappa shape index (κ1) is 11.5. The number of nitrogens with one attached hydrogen (secondary N) is 2. The first-order valence-corrected chi connectivity index (χ1v) is 6.68. The predicted molar refractivity (Wildman–Crippen MR) is 53.7 cm³/mol. The highest BCUT2D eigenvalue weighted by atomic mass is 32.2. The minimum absolute atomic E-state index is 0.0677. The van der Waals surface area contributed by atoms with Crippen molar-refractivity contribution in [3.63, 3.8) is 0 Å². The third-order valence-corrected chi connectivity index (χ3v) is 3.10. The van der Waals surface area contributed by atoms with Gasteiger partial charge in [-0.25, -0.2) is 8.42 Å². The number of carbonyl (C=O) groups excluding carboxylic acids is 1. The number of hydrogen-bond acceptors (Lipinski definition) is 4. The second-order valence-corrected chi connectivity index (χ2v) is 5.97. The first-order chi connectivity index (χ1) is 6.47. The van der Waals surface area contributed by atoms with Gasteiger partial charge in [0.25, 0.3) is 0 Å². The van der Waals surface area contributed by atoms with Gasteiger partial charge < -0.3 is 10.6 Å². The molecule has 0 aromatic heterocycles. The lowest BCUT2D eigenvalue weighted by atomic mass is 10.0. The van der Waals surface area contributed by atoms with Crippen LogP contribution in [-0.4, -0.2) is 46.0 Å². The lowest BCUT2D eigenvalue weighted by molar-refractivity contribution is -0.120. The molecule has 0 bridgehead atoms. The van der Waals surface area contributed by atoms with Gasteiger partial charge in [0, 0.05) is 38.2 Å². The Morgan fingerprint density at radius 1 is 1.50 bits per heavy atom. The van der Waals surface area contributed by atoms with Gasteiger partial charge in [-0.05, 0) is 0 Å². The fourth-order valence-corrected chi connectivity index (χ4v) is 1.67. The van der Waals surface area contributed by atoms with Crippen LogP contribution < -0.4 is 10.6 Å². The van der Waals surface area contributed by atoms with Crippen molar-refractivity contribution in [1.82, 2.24) is 10.6 Å². The molecular formula is C8H16N2O3S. The molecule has 82 valence electrons. The van der Waals surface area contributed by atoms with Crippen molar-refractivity contribution >= 4 is 15.7 Å². The highest BCUT2D eigenvalue weighted by Crippen LogP contribution is 2.00. The molecule has 0 aliphatic carbocycles. The summed E-state index contributed by atoms with van der Waals surface area (Å²) in [7, 11) is -3.02. The van der Waals surface area contributed by atoms with Crippen LogP contribution in [0, 0.1) is 5.92 Å². The Hall–Kier alpha value is -0.620. The summed E-state index contributed by atoms with van der Waals surface area (Å²) in [6.07, 6.45) is 1.20. The quantitative estimate of drug-likeness (QED) is 0.607. The van der Waals surface area contributed by atoms with Crippen molar-refractivity contribution in [2.45, 2.75) is 6.42 Å². The molecule has 0 aromatic rings. The van der Waals surface area contributed by atoms with Crippen LogP contribution in [0.1, 0.15) is 6.42 Å². The van der Waals surface area contributed by atoms with Crippen molar-refractivity contribution in [2.75, 3.05) is 31.6 Å². The smallest absolute Gasteiger partial charge is 0.221 e. The molecule has 1 heterocycles. The fraction of sp³-hybridized carbons (Fsp3) is 0.875. The SMILES string of the molecule is CS(=O)(=O)CCC(=O)NCC1CNC1. The maximum Gasteiger partial charge on any atom is 0.221 e. The number of carbonyl (C=O) groups is 1. The maximum atomic E-state index is 11.1.